The van der Waals surface area contributed by atoms with Gasteiger partial charge in [-0.05, 0) is 42.4 Å². The first-order chi connectivity index (χ1) is 9.15. The van der Waals surface area contributed by atoms with E-state index in [-0.39, 0.29) is 11.1 Å². The van der Waals surface area contributed by atoms with Crippen molar-refractivity contribution < 1.29 is 9.16 Å². The quantitative estimate of drug-likeness (QED) is 0.577. The predicted octanol–water partition coefficient (Wildman–Crippen LogP) is 4.74. The van der Waals surface area contributed by atoms with Crippen LogP contribution in [0.2, 0.25) is 23.2 Å². The minimum Gasteiger partial charge on any atom is -0.490 e. The van der Waals surface area contributed by atoms with E-state index < -0.39 is 8.32 Å². The SMILES string of the molecule is C#CC(COc1ccc(Cl)cc1)O[Si](C)(C)C(C)(C)C. The predicted molar refractivity (Wildman–Crippen MR) is 87.9 cm³/mol. The normalized spacial score (nSPS) is 13.7. The van der Waals surface area contributed by atoms with Crippen LogP contribution >= 0.6 is 11.6 Å². The second-order valence-electron chi connectivity index (χ2n) is 6.30. The highest BCUT2D eigenvalue weighted by molar-refractivity contribution is 6.74. The molecule has 1 rings (SSSR count). The molecular weight excluding hydrogens is 288 g/mol. The maximum atomic E-state index is 6.15. The van der Waals surface area contributed by atoms with Crippen LogP contribution in [-0.2, 0) is 4.43 Å². The molecule has 0 aromatic heterocycles. The summed E-state index contributed by atoms with van der Waals surface area (Å²) in [5, 5.41) is 0.811. The Bertz CT molecular complexity index is 469. The molecule has 0 N–H and O–H groups in total. The molecule has 1 aromatic rings. The fourth-order valence-electron chi connectivity index (χ4n) is 1.35. The third kappa shape index (κ3) is 4.86. The summed E-state index contributed by atoms with van der Waals surface area (Å²) in [6, 6.07) is 7.22. The molecule has 0 aliphatic rings. The van der Waals surface area contributed by atoms with Crippen LogP contribution in [0.15, 0.2) is 24.3 Å². The Balaban J connectivity index is 2.61. The van der Waals surface area contributed by atoms with Crippen molar-refractivity contribution >= 4 is 19.9 Å². The molecule has 4 heteroatoms. The van der Waals surface area contributed by atoms with Gasteiger partial charge < -0.3 is 9.16 Å². The molecule has 0 saturated carbocycles. The van der Waals surface area contributed by atoms with Crippen molar-refractivity contribution in [1.29, 1.82) is 0 Å². The summed E-state index contributed by atoms with van der Waals surface area (Å²) in [5.74, 6) is 3.42. The van der Waals surface area contributed by atoms with Gasteiger partial charge in [-0.3, -0.25) is 0 Å². The third-order valence-electron chi connectivity index (χ3n) is 3.64. The number of ether oxygens (including phenoxy) is 1. The Morgan fingerprint density at radius 3 is 2.25 bits per heavy atom. The summed E-state index contributed by atoms with van der Waals surface area (Å²) in [7, 11) is -1.88. The van der Waals surface area contributed by atoms with Crippen molar-refractivity contribution in [2.75, 3.05) is 6.61 Å². The Kier molecular flexibility index (Phi) is 5.70. The average molecular weight is 311 g/mol. The molecule has 0 saturated heterocycles. The van der Waals surface area contributed by atoms with Gasteiger partial charge in [-0.2, -0.15) is 0 Å². The largest absolute Gasteiger partial charge is 0.490 e. The zero-order valence-corrected chi connectivity index (χ0v) is 14.6. The van der Waals surface area contributed by atoms with Gasteiger partial charge >= 0.3 is 0 Å². The molecule has 0 aliphatic heterocycles. The van der Waals surface area contributed by atoms with E-state index in [9.17, 15) is 0 Å². The number of benzene rings is 1. The molecule has 0 radical (unpaired) electrons. The van der Waals surface area contributed by atoms with Gasteiger partial charge in [0.2, 0.25) is 0 Å². The minimum atomic E-state index is -1.88. The molecular formula is C16H23ClO2Si. The second-order valence-corrected chi connectivity index (χ2v) is 11.5. The monoisotopic (exact) mass is 310 g/mol. The zero-order chi connectivity index (χ0) is 15.4. The molecule has 0 bridgehead atoms. The lowest BCUT2D eigenvalue weighted by molar-refractivity contribution is 0.157. The van der Waals surface area contributed by atoms with Crippen LogP contribution in [0.3, 0.4) is 0 Å². The Morgan fingerprint density at radius 2 is 1.80 bits per heavy atom. The van der Waals surface area contributed by atoms with Crippen molar-refractivity contribution in [3.8, 4) is 18.1 Å². The number of terminal acetylenes is 1. The number of rotatable bonds is 5. The van der Waals surface area contributed by atoms with Crippen LogP contribution in [0.5, 0.6) is 5.75 Å². The smallest absolute Gasteiger partial charge is 0.193 e. The molecule has 0 spiro atoms. The number of halogens is 1. The lowest BCUT2D eigenvalue weighted by Gasteiger charge is -2.37. The van der Waals surface area contributed by atoms with Crippen molar-refractivity contribution in [3.63, 3.8) is 0 Å². The summed E-state index contributed by atoms with van der Waals surface area (Å²) in [6.45, 7) is 11.3. The first-order valence-corrected chi connectivity index (χ1v) is 9.96. The van der Waals surface area contributed by atoms with Crippen LogP contribution in [-0.4, -0.2) is 21.0 Å². The van der Waals surface area contributed by atoms with Crippen LogP contribution < -0.4 is 4.74 Å². The van der Waals surface area contributed by atoms with Gasteiger partial charge in [0.1, 0.15) is 18.5 Å². The van der Waals surface area contributed by atoms with Crippen molar-refractivity contribution in [1.82, 2.24) is 0 Å². The Hall–Kier alpha value is -0.953. The fraction of sp³-hybridized carbons (Fsp3) is 0.500. The molecule has 110 valence electrons. The van der Waals surface area contributed by atoms with Crippen molar-refractivity contribution in [3.05, 3.63) is 29.3 Å². The van der Waals surface area contributed by atoms with Crippen molar-refractivity contribution in [2.24, 2.45) is 0 Å². The van der Waals surface area contributed by atoms with Crippen LogP contribution in [0, 0.1) is 12.3 Å². The maximum absolute atomic E-state index is 6.15. The van der Waals surface area contributed by atoms with Gasteiger partial charge in [0.25, 0.3) is 0 Å². The minimum absolute atomic E-state index is 0.127. The highest BCUT2D eigenvalue weighted by Crippen LogP contribution is 2.37. The molecule has 0 amide bonds. The van der Waals surface area contributed by atoms with E-state index in [1.165, 1.54) is 0 Å². The van der Waals surface area contributed by atoms with E-state index in [0.717, 1.165) is 5.75 Å². The number of hydrogen-bond donors (Lipinski definition) is 0. The highest BCUT2D eigenvalue weighted by Gasteiger charge is 2.39. The highest BCUT2D eigenvalue weighted by atomic mass is 35.5. The third-order valence-corrected chi connectivity index (χ3v) is 8.38. The molecule has 1 aromatic carbocycles. The summed E-state index contributed by atoms with van der Waals surface area (Å²) < 4.78 is 11.8. The lowest BCUT2D eigenvalue weighted by Crippen LogP contribution is -2.45. The van der Waals surface area contributed by atoms with Crippen LogP contribution in [0.1, 0.15) is 20.8 Å². The second kappa shape index (κ2) is 6.67. The van der Waals surface area contributed by atoms with E-state index in [4.69, 9.17) is 27.2 Å². The van der Waals surface area contributed by atoms with E-state index >= 15 is 0 Å². The lowest BCUT2D eigenvalue weighted by atomic mass is 10.2. The first-order valence-electron chi connectivity index (χ1n) is 6.68. The number of hydrogen-bond acceptors (Lipinski definition) is 2. The van der Waals surface area contributed by atoms with Gasteiger partial charge in [-0.1, -0.05) is 38.3 Å². The van der Waals surface area contributed by atoms with E-state index in [1.54, 1.807) is 12.1 Å². The molecule has 2 nitrogen and oxygen atoms in total. The van der Waals surface area contributed by atoms with Gasteiger partial charge in [0.05, 0.1) is 0 Å². The molecule has 20 heavy (non-hydrogen) atoms. The van der Waals surface area contributed by atoms with E-state index in [2.05, 4.69) is 39.8 Å². The van der Waals surface area contributed by atoms with Crippen molar-refractivity contribution in [2.45, 2.75) is 45.0 Å². The summed E-state index contributed by atoms with van der Waals surface area (Å²) in [6.07, 6.45) is 5.23. The van der Waals surface area contributed by atoms with Gasteiger partial charge in [0.15, 0.2) is 8.32 Å². The van der Waals surface area contributed by atoms with Crippen LogP contribution in [0.25, 0.3) is 0 Å². The van der Waals surface area contributed by atoms with E-state index in [1.807, 2.05) is 12.1 Å². The standard InChI is InChI=1S/C16H23ClO2Si/c1-7-14(19-20(5,6)16(2,3)4)12-18-15-10-8-13(17)9-11-15/h1,8-11,14H,12H2,2-6H3. The fourth-order valence-corrected chi connectivity index (χ4v) is 2.68. The van der Waals surface area contributed by atoms with Gasteiger partial charge in [-0.25, -0.2) is 0 Å². The zero-order valence-electron chi connectivity index (χ0n) is 12.9. The van der Waals surface area contributed by atoms with Gasteiger partial charge in [-0.15, -0.1) is 6.42 Å². The maximum Gasteiger partial charge on any atom is 0.193 e. The molecule has 0 aliphatic carbocycles. The first kappa shape index (κ1) is 17.1. The molecule has 0 heterocycles. The molecule has 1 unspecified atom stereocenters. The Labute approximate surface area is 128 Å². The summed E-state index contributed by atoms with van der Waals surface area (Å²) in [4.78, 5) is 0. The van der Waals surface area contributed by atoms with E-state index in [0.29, 0.717) is 11.6 Å². The molecule has 0 fully saturated rings. The topological polar surface area (TPSA) is 18.5 Å². The van der Waals surface area contributed by atoms with Gasteiger partial charge in [0, 0.05) is 5.02 Å². The summed E-state index contributed by atoms with van der Waals surface area (Å²) >= 11 is 5.83. The molecule has 1 atom stereocenters. The Morgan fingerprint density at radius 1 is 1.25 bits per heavy atom. The average Bonchev–Trinajstić information content (AvgIpc) is 2.35. The summed E-state index contributed by atoms with van der Waals surface area (Å²) in [5.41, 5.74) is 0. The van der Waals surface area contributed by atoms with Crippen LogP contribution in [0.4, 0.5) is 0 Å².